The maximum Gasteiger partial charge on any atom is 0.226 e. The van der Waals surface area contributed by atoms with Crippen molar-refractivity contribution in [3.8, 4) is 0 Å². The van der Waals surface area contributed by atoms with Gasteiger partial charge in [0.15, 0.2) is 5.78 Å². The quantitative estimate of drug-likeness (QED) is 0.807. The monoisotopic (exact) mass is 246 g/mol. The van der Waals surface area contributed by atoms with Crippen LogP contribution in [0.25, 0.3) is 0 Å². The Kier molecular flexibility index (Phi) is 3.77. The van der Waals surface area contributed by atoms with Crippen LogP contribution >= 0.6 is 0 Å². The molecule has 1 aliphatic rings. The van der Waals surface area contributed by atoms with Gasteiger partial charge in [0, 0.05) is 26.2 Å². The number of nitrogens with zero attached hydrogens (tertiary/aromatic N) is 1. The van der Waals surface area contributed by atoms with Gasteiger partial charge in [0.05, 0.1) is 12.0 Å². The second-order valence-electron chi connectivity index (χ2n) is 4.86. The molecule has 2 atom stereocenters. The van der Waals surface area contributed by atoms with Crippen molar-refractivity contribution in [2.45, 2.75) is 12.5 Å². The van der Waals surface area contributed by atoms with E-state index in [-0.39, 0.29) is 23.7 Å². The lowest BCUT2D eigenvalue weighted by atomic mass is 9.98. The first-order valence-corrected chi connectivity index (χ1v) is 6.13. The average Bonchev–Trinajstić information content (AvgIpc) is 2.87. The van der Waals surface area contributed by atoms with Gasteiger partial charge in [0.2, 0.25) is 5.91 Å². The Bertz CT molecular complexity index is 442. The fraction of sp³-hybridized carbons (Fsp3) is 0.429. The topological polar surface area (TPSA) is 49.4 Å². The number of carbonyl (C=O) groups excluding carboxylic acids is 2. The van der Waals surface area contributed by atoms with Gasteiger partial charge in [-0.25, -0.2) is 0 Å². The smallest absolute Gasteiger partial charge is 0.226 e. The summed E-state index contributed by atoms with van der Waals surface area (Å²) in [5.74, 6) is 0.0770. The summed E-state index contributed by atoms with van der Waals surface area (Å²) in [6.45, 7) is 0.584. The Morgan fingerprint density at radius 2 is 1.89 bits per heavy atom. The second kappa shape index (κ2) is 5.31. The van der Waals surface area contributed by atoms with Gasteiger partial charge in [0.1, 0.15) is 0 Å². The van der Waals surface area contributed by atoms with Gasteiger partial charge in [-0.1, -0.05) is 30.3 Å². The highest BCUT2D eigenvalue weighted by Crippen LogP contribution is 2.19. The van der Waals surface area contributed by atoms with E-state index >= 15 is 0 Å². The van der Waals surface area contributed by atoms with Crippen molar-refractivity contribution in [3.63, 3.8) is 0 Å². The summed E-state index contributed by atoms with van der Waals surface area (Å²) in [6.07, 6.45) is 0.588. The molecule has 1 N–H and O–H groups in total. The molecule has 0 aliphatic carbocycles. The van der Waals surface area contributed by atoms with Crippen LogP contribution in [-0.4, -0.2) is 43.3 Å². The maximum atomic E-state index is 12.2. The van der Waals surface area contributed by atoms with E-state index in [4.69, 9.17) is 0 Å². The third-order valence-corrected chi connectivity index (χ3v) is 3.30. The first-order valence-electron chi connectivity index (χ1n) is 6.13. The van der Waals surface area contributed by atoms with Crippen LogP contribution in [0.1, 0.15) is 16.8 Å². The number of hydrogen-bond donors (Lipinski definition) is 1. The summed E-state index contributed by atoms with van der Waals surface area (Å²) in [6, 6.07) is 8.98. The number of amides is 1. The fourth-order valence-electron chi connectivity index (χ4n) is 2.29. The van der Waals surface area contributed by atoms with Crippen molar-refractivity contribution in [3.05, 3.63) is 35.9 Å². The van der Waals surface area contributed by atoms with E-state index in [0.717, 1.165) is 0 Å². The van der Waals surface area contributed by atoms with E-state index in [1.54, 1.807) is 19.0 Å². The molecule has 4 nitrogen and oxygen atoms in total. The van der Waals surface area contributed by atoms with E-state index in [2.05, 4.69) is 5.32 Å². The highest BCUT2D eigenvalue weighted by molar-refractivity contribution is 6.00. The largest absolute Gasteiger partial charge is 0.349 e. The second-order valence-corrected chi connectivity index (χ2v) is 4.86. The normalized spacial score (nSPS) is 22.8. The summed E-state index contributed by atoms with van der Waals surface area (Å²) in [4.78, 5) is 25.6. The third kappa shape index (κ3) is 2.59. The number of ketones is 1. The lowest BCUT2D eigenvalue weighted by Crippen LogP contribution is -2.31. The van der Waals surface area contributed by atoms with Gasteiger partial charge in [0.25, 0.3) is 0 Å². The highest BCUT2D eigenvalue weighted by atomic mass is 16.2. The number of Topliss-reactive ketones (excluding diaryl/α,β-unsaturated/α-hetero) is 1. The zero-order valence-corrected chi connectivity index (χ0v) is 10.7. The highest BCUT2D eigenvalue weighted by Gasteiger charge is 2.34. The Hall–Kier alpha value is -1.68. The van der Waals surface area contributed by atoms with Gasteiger partial charge in [-0.2, -0.15) is 0 Å². The molecule has 4 heteroatoms. The standard InChI is InChI=1S/C14H18N2O2/c1-16(2)14(18)11-8-12(15-9-11)13(17)10-6-4-3-5-7-10/h3-7,11-12,15H,8-9H2,1-2H3. The van der Waals surface area contributed by atoms with E-state index < -0.39 is 0 Å². The molecule has 2 rings (SSSR count). The van der Waals surface area contributed by atoms with Crippen LogP contribution in [0, 0.1) is 5.92 Å². The summed E-state index contributed by atoms with van der Waals surface area (Å²) in [7, 11) is 3.49. The molecular weight excluding hydrogens is 228 g/mol. The van der Waals surface area contributed by atoms with Crippen molar-refractivity contribution in [2.75, 3.05) is 20.6 Å². The Morgan fingerprint density at radius 1 is 1.22 bits per heavy atom. The Balaban J connectivity index is 2.01. The minimum atomic E-state index is -0.235. The minimum absolute atomic E-state index is 0.0738. The molecule has 0 spiro atoms. The number of rotatable bonds is 3. The number of carbonyl (C=O) groups is 2. The van der Waals surface area contributed by atoms with Crippen LogP contribution in [0.3, 0.4) is 0 Å². The van der Waals surface area contributed by atoms with Crippen molar-refractivity contribution in [1.82, 2.24) is 10.2 Å². The number of hydrogen-bond acceptors (Lipinski definition) is 3. The molecule has 1 heterocycles. The first kappa shape index (κ1) is 12.8. The van der Waals surface area contributed by atoms with Crippen molar-refractivity contribution >= 4 is 11.7 Å². The van der Waals surface area contributed by atoms with Crippen LogP contribution in [0.4, 0.5) is 0 Å². The van der Waals surface area contributed by atoms with Gasteiger partial charge in [-0.05, 0) is 6.42 Å². The minimum Gasteiger partial charge on any atom is -0.349 e. The SMILES string of the molecule is CN(C)C(=O)C1CNC(C(=O)c2ccccc2)C1. The zero-order chi connectivity index (χ0) is 13.1. The van der Waals surface area contributed by atoms with Crippen LogP contribution in [0.5, 0.6) is 0 Å². The molecular formula is C14H18N2O2. The number of nitrogens with one attached hydrogen (secondary N) is 1. The lowest BCUT2D eigenvalue weighted by molar-refractivity contribution is -0.132. The maximum absolute atomic E-state index is 12.2. The predicted octanol–water partition coefficient (Wildman–Crippen LogP) is 0.936. The van der Waals surface area contributed by atoms with Gasteiger partial charge in [-0.15, -0.1) is 0 Å². The van der Waals surface area contributed by atoms with Gasteiger partial charge in [-0.3, -0.25) is 9.59 Å². The van der Waals surface area contributed by atoms with E-state index in [9.17, 15) is 9.59 Å². The van der Waals surface area contributed by atoms with E-state index in [1.807, 2.05) is 30.3 Å². The molecule has 1 fully saturated rings. The molecule has 0 saturated carbocycles. The Morgan fingerprint density at radius 3 is 2.50 bits per heavy atom. The van der Waals surface area contributed by atoms with Crippen molar-refractivity contribution in [2.24, 2.45) is 5.92 Å². The molecule has 2 unspecified atom stereocenters. The van der Waals surface area contributed by atoms with Crippen LogP contribution < -0.4 is 5.32 Å². The van der Waals surface area contributed by atoms with Gasteiger partial charge >= 0.3 is 0 Å². The molecule has 0 radical (unpaired) electrons. The zero-order valence-electron chi connectivity index (χ0n) is 10.7. The summed E-state index contributed by atoms with van der Waals surface area (Å²) in [5.41, 5.74) is 0.702. The molecule has 1 aliphatic heterocycles. The molecule has 1 amide bonds. The van der Waals surface area contributed by atoms with Crippen molar-refractivity contribution in [1.29, 1.82) is 0 Å². The summed E-state index contributed by atoms with van der Waals surface area (Å²) < 4.78 is 0. The van der Waals surface area contributed by atoms with E-state index in [0.29, 0.717) is 18.5 Å². The van der Waals surface area contributed by atoms with Crippen LogP contribution in [0.2, 0.25) is 0 Å². The molecule has 0 bridgehead atoms. The predicted molar refractivity (Wildman–Crippen MR) is 69.4 cm³/mol. The van der Waals surface area contributed by atoms with Gasteiger partial charge < -0.3 is 10.2 Å². The first-order chi connectivity index (χ1) is 8.59. The summed E-state index contributed by atoms with van der Waals surface area (Å²) in [5, 5.41) is 3.14. The van der Waals surface area contributed by atoms with Crippen LogP contribution in [0.15, 0.2) is 30.3 Å². The molecule has 1 aromatic carbocycles. The third-order valence-electron chi connectivity index (χ3n) is 3.30. The number of benzene rings is 1. The Labute approximate surface area is 107 Å². The summed E-state index contributed by atoms with van der Waals surface area (Å²) >= 11 is 0. The van der Waals surface area contributed by atoms with Crippen molar-refractivity contribution < 1.29 is 9.59 Å². The molecule has 1 aromatic rings. The van der Waals surface area contributed by atoms with E-state index in [1.165, 1.54) is 0 Å². The molecule has 96 valence electrons. The molecule has 1 saturated heterocycles. The van der Waals surface area contributed by atoms with Crippen LogP contribution in [-0.2, 0) is 4.79 Å². The fourth-order valence-corrected chi connectivity index (χ4v) is 2.29. The average molecular weight is 246 g/mol. The molecule has 18 heavy (non-hydrogen) atoms. The lowest BCUT2D eigenvalue weighted by Gasteiger charge is -2.15. The molecule has 0 aromatic heterocycles.